The Morgan fingerprint density at radius 3 is 1.14 bits per heavy atom. The molecule has 3 amide bonds. The Hall–Kier alpha value is -11.4. The first-order valence-corrected chi connectivity index (χ1v) is 26.7. The third-order valence-electron chi connectivity index (χ3n) is 14.3. The maximum Gasteiger partial charge on any atom is 0.280 e. The van der Waals surface area contributed by atoms with Gasteiger partial charge in [-0.15, -0.1) is 0 Å². The summed E-state index contributed by atoms with van der Waals surface area (Å²) in [6.45, 7) is 7.13. The van der Waals surface area contributed by atoms with Gasteiger partial charge in [-0.05, 0) is 81.4 Å². The largest absolute Gasteiger partial charge is 0.494 e. The van der Waals surface area contributed by atoms with E-state index < -0.39 is 11.8 Å². The average molecular weight is 1140 g/mol. The Morgan fingerprint density at radius 2 is 0.714 bits per heavy atom. The molecule has 0 atom stereocenters. The van der Waals surface area contributed by atoms with Gasteiger partial charge in [0.15, 0.2) is 23.3 Å². The maximum absolute atomic E-state index is 12.9. The molecular weight excluding hydrogens is 1100 g/mol. The number of benzene rings is 8. The molecule has 0 fully saturated rings. The fourth-order valence-electron chi connectivity index (χ4n) is 10.3. The van der Waals surface area contributed by atoms with Crippen LogP contribution in [-0.4, -0.2) is 65.1 Å². The number of aromatic hydroxyl groups is 3. The predicted molar refractivity (Wildman–Crippen MR) is 325 cm³/mol. The van der Waals surface area contributed by atoms with Crippen LogP contribution in [0.1, 0.15) is 70.0 Å². The van der Waals surface area contributed by atoms with Crippen molar-refractivity contribution in [1.82, 2.24) is 15.0 Å². The maximum atomic E-state index is 12.9. The molecule has 0 spiro atoms. The predicted octanol–water partition coefficient (Wildman–Crippen LogP) is 15.2. The monoisotopic (exact) mass is 1130 g/mol. The number of nitrogens with one attached hydrogen (secondary N) is 3. The first-order valence-electron chi connectivity index (χ1n) is 25.9. The van der Waals surface area contributed by atoms with Crippen LogP contribution in [0.25, 0.3) is 60.9 Å². The van der Waals surface area contributed by atoms with Crippen LogP contribution < -0.4 is 0 Å². The number of hydrogen-bond acceptors (Lipinski definition) is 7. The number of nitriles is 1. The summed E-state index contributed by atoms with van der Waals surface area (Å²) in [5.74, 6) is -1.53. The van der Waals surface area contributed by atoms with Crippen LogP contribution in [0.5, 0.6) is 17.6 Å². The minimum absolute atomic E-state index is 0.0473. The molecular formula is C68H40Cl2N8O6. The van der Waals surface area contributed by atoms with E-state index >= 15 is 0 Å². The van der Waals surface area contributed by atoms with Crippen molar-refractivity contribution in [1.29, 1.82) is 5.26 Å². The normalized spacial score (nSPS) is 12.6. The van der Waals surface area contributed by atoms with Crippen LogP contribution in [-0.2, 0) is 0 Å². The van der Waals surface area contributed by atoms with Crippen LogP contribution in [0.15, 0.2) is 221 Å². The Kier molecular flexibility index (Phi) is 14.1. The minimum Gasteiger partial charge on any atom is -0.494 e. The number of H-pyrrole nitrogens is 3. The highest BCUT2D eigenvalue weighted by atomic mass is 35.5. The lowest BCUT2D eigenvalue weighted by molar-refractivity contribution is 0.0998. The van der Waals surface area contributed by atoms with Gasteiger partial charge in [0.25, 0.3) is 17.7 Å². The first kappa shape index (κ1) is 53.2. The Labute approximate surface area is 489 Å². The Balaban J connectivity index is 0.000000126. The zero-order valence-electron chi connectivity index (χ0n) is 43.7. The fraction of sp³-hybridized carbons (Fsp3) is 0. The van der Waals surface area contributed by atoms with Gasteiger partial charge in [0.1, 0.15) is 0 Å². The molecule has 3 aliphatic heterocycles. The second-order valence-electron chi connectivity index (χ2n) is 19.3. The van der Waals surface area contributed by atoms with Crippen molar-refractivity contribution in [3.05, 3.63) is 283 Å². The van der Waals surface area contributed by atoms with Gasteiger partial charge in [0.05, 0.1) is 85.8 Å². The number of rotatable bonds is 8. The summed E-state index contributed by atoms with van der Waals surface area (Å²) in [4.78, 5) is 62.4. The number of aliphatic imine (C=N–C) groups is 3. The van der Waals surface area contributed by atoms with Crippen LogP contribution >= 0.6 is 23.2 Å². The molecule has 0 aliphatic carbocycles. The molecule has 0 saturated heterocycles. The van der Waals surface area contributed by atoms with Gasteiger partial charge in [-0.1, -0.05) is 187 Å². The fourth-order valence-corrected chi connectivity index (χ4v) is 10.6. The molecule has 3 aliphatic rings. The van der Waals surface area contributed by atoms with Crippen LogP contribution in [0.2, 0.25) is 10.0 Å². The molecule has 84 heavy (non-hydrogen) atoms. The minimum atomic E-state index is -0.475. The van der Waals surface area contributed by atoms with Gasteiger partial charge in [-0.25, -0.2) is 19.8 Å². The Morgan fingerprint density at radius 1 is 0.381 bits per heavy atom. The lowest BCUT2D eigenvalue weighted by Gasteiger charge is -2.05. The van der Waals surface area contributed by atoms with Gasteiger partial charge >= 0.3 is 0 Å². The smallest absolute Gasteiger partial charge is 0.280 e. The third-order valence-corrected chi connectivity index (χ3v) is 14.8. The molecule has 402 valence electrons. The van der Waals surface area contributed by atoms with Crippen molar-refractivity contribution >= 4 is 63.7 Å². The molecule has 14 rings (SSSR count). The number of nitrogens with zero attached hydrogens (tertiary/aromatic N) is 5. The van der Waals surface area contributed by atoms with E-state index in [0.29, 0.717) is 100 Å². The van der Waals surface area contributed by atoms with E-state index in [1.807, 2.05) is 91.0 Å². The van der Waals surface area contributed by atoms with E-state index in [2.05, 4.69) is 59.0 Å². The second kappa shape index (κ2) is 22.3. The number of hydrogen-bond donors (Lipinski definition) is 6. The Bertz CT molecular complexity index is 4640. The van der Waals surface area contributed by atoms with Crippen molar-refractivity contribution in [3.63, 3.8) is 0 Å². The highest BCUT2D eigenvalue weighted by molar-refractivity contribution is 6.34. The summed E-state index contributed by atoms with van der Waals surface area (Å²) in [5.41, 5.74) is 14.5. The second-order valence-corrected chi connectivity index (χ2v) is 20.2. The van der Waals surface area contributed by atoms with Gasteiger partial charge in [0, 0.05) is 26.7 Å². The molecule has 0 saturated carbocycles. The van der Waals surface area contributed by atoms with E-state index in [4.69, 9.17) is 35.0 Å². The number of aromatic amines is 3. The molecule has 6 N–H and O–H groups in total. The van der Waals surface area contributed by atoms with Crippen LogP contribution in [0, 0.1) is 17.9 Å². The molecule has 3 aromatic heterocycles. The van der Waals surface area contributed by atoms with Gasteiger partial charge in [0.2, 0.25) is 0 Å². The molecule has 0 unspecified atom stereocenters. The van der Waals surface area contributed by atoms with Crippen molar-refractivity contribution in [2.24, 2.45) is 15.0 Å². The number of amides is 3. The zero-order chi connectivity index (χ0) is 58.2. The van der Waals surface area contributed by atoms with Crippen LogP contribution in [0.4, 0.5) is 5.69 Å². The number of aromatic nitrogens is 3. The summed E-state index contributed by atoms with van der Waals surface area (Å²) in [6.07, 6.45) is 0. The summed E-state index contributed by atoms with van der Waals surface area (Å²) in [5, 5.41) is 41.7. The highest BCUT2D eigenvalue weighted by Crippen LogP contribution is 2.42. The molecule has 16 heteroatoms. The van der Waals surface area contributed by atoms with E-state index in [1.165, 1.54) is 0 Å². The summed E-state index contributed by atoms with van der Waals surface area (Å²) in [6, 6.07) is 65.5. The number of halogens is 2. The van der Waals surface area contributed by atoms with Crippen molar-refractivity contribution in [2.75, 3.05) is 0 Å². The van der Waals surface area contributed by atoms with Crippen molar-refractivity contribution in [2.45, 2.75) is 0 Å². The zero-order valence-corrected chi connectivity index (χ0v) is 45.2. The van der Waals surface area contributed by atoms with Crippen molar-refractivity contribution in [3.8, 4) is 79.7 Å². The SMILES string of the molecule is O=C1N=C(c2ccc(-c3ccccc3)cc2)c2c(O)[nH]c(-c3ccc(-c4ccccc4)cc3)c21.O=C1N=C(c2ccc(Cl)cc2)c2c(O)[nH]c(-c3ccc(Cl)cc3)c21.[C-]#[N+]c1cccc(-c2[nH]c(O)c3c2C(=O)N=C3c2cccc(C#N)c2)c1. The van der Waals surface area contributed by atoms with Gasteiger partial charge in [-0.2, -0.15) is 5.26 Å². The number of carbonyl (C=O) groups excluding carboxylic acids is 3. The van der Waals surface area contributed by atoms with Crippen LogP contribution in [0.3, 0.4) is 0 Å². The quantitative estimate of drug-likeness (QED) is 0.0807. The molecule has 0 radical (unpaired) electrons. The lowest BCUT2D eigenvalue weighted by atomic mass is 9.97. The average Bonchev–Trinajstić information content (AvgIpc) is 1.84. The lowest BCUT2D eigenvalue weighted by Crippen LogP contribution is -2.00. The van der Waals surface area contributed by atoms with E-state index in [-0.39, 0.29) is 29.1 Å². The summed E-state index contributed by atoms with van der Waals surface area (Å²) in [7, 11) is 0. The summed E-state index contributed by atoms with van der Waals surface area (Å²) < 4.78 is 0. The molecule has 11 aromatic rings. The molecule has 6 heterocycles. The molecule has 14 nitrogen and oxygen atoms in total. The van der Waals surface area contributed by atoms with E-state index in [0.717, 1.165) is 38.9 Å². The first-order chi connectivity index (χ1) is 40.8. The molecule has 0 bridgehead atoms. The highest BCUT2D eigenvalue weighted by Gasteiger charge is 2.36. The van der Waals surface area contributed by atoms with Gasteiger partial charge in [-0.3, -0.25) is 14.4 Å². The number of fused-ring (bicyclic) bond motifs is 3. The number of carbonyl (C=O) groups is 3. The standard InChI is InChI=1S/C30H20N2O2.C20H10N4O2.C18H10Cl2N2O2/c33-29-25-26(28(32-29)24-17-13-22(14-18-24)20-9-5-2-6-10-20)30(34)31-27(25)23-15-11-21(12-16-23)19-7-3-1-4-8-19;1-22-14-7-3-6-13(9-14)18-16-15(19(25)24-18)17(23-20(16)26)12-5-2-4-11(8-12)10-21;19-11-5-1-9(2-6-11)15-13-14(18(24)21-15)16(22-17(13)23)10-3-7-12(20)8-4-10/h1-18,31,34H;2-9,24-25H;1-8,21,24H. The molecule has 8 aromatic carbocycles. The van der Waals surface area contributed by atoms with Gasteiger partial charge < -0.3 is 30.3 Å². The topological polar surface area (TPSA) is 224 Å². The van der Waals surface area contributed by atoms with E-state index in [1.54, 1.807) is 97.1 Å². The third kappa shape index (κ3) is 10.0. The van der Waals surface area contributed by atoms with E-state index in [9.17, 15) is 29.7 Å². The summed E-state index contributed by atoms with van der Waals surface area (Å²) >= 11 is 11.8. The van der Waals surface area contributed by atoms with Crippen molar-refractivity contribution < 1.29 is 29.7 Å².